The van der Waals surface area contributed by atoms with Crippen molar-refractivity contribution < 1.29 is 9.59 Å². The maximum absolute atomic E-state index is 14.7. The van der Waals surface area contributed by atoms with Gasteiger partial charge in [0.15, 0.2) is 0 Å². The highest BCUT2D eigenvalue weighted by molar-refractivity contribution is 6.30. The zero-order valence-electron chi connectivity index (χ0n) is 26.3. The number of aromatic nitrogens is 3. The predicted octanol–water partition coefficient (Wildman–Crippen LogP) is 5.54. The van der Waals surface area contributed by atoms with Crippen LogP contribution in [0, 0.1) is 17.3 Å². The molecule has 1 aliphatic carbocycles. The normalized spacial score (nSPS) is 23.1. The monoisotopic (exact) mass is 630 g/mol. The van der Waals surface area contributed by atoms with Crippen LogP contribution in [-0.2, 0) is 29.0 Å². The highest BCUT2D eigenvalue weighted by Gasteiger charge is 2.46. The number of rotatable bonds is 9. The van der Waals surface area contributed by atoms with Gasteiger partial charge in [-0.2, -0.15) is 5.10 Å². The fraction of sp³-hybridized carbons (Fsp3) is 0.556. The molecule has 2 unspecified atom stereocenters. The highest BCUT2D eigenvalue weighted by atomic mass is 35.5. The maximum atomic E-state index is 14.7. The van der Waals surface area contributed by atoms with Gasteiger partial charge in [-0.05, 0) is 79.5 Å². The molecule has 3 aliphatic rings. The third kappa shape index (κ3) is 7.60. The van der Waals surface area contributed by atoms with E-state index in [0.29, 0.717) is 36.7 Å². The van der Waals surface area contributed by atoms with E-state index >= 15 is 0 Å². The molecule has 45 heavy (non-hydrogen) atoms. The first-order chi connectivity index (χ1) is 21.9. The molecule has 0 spiro atoms. The summed E-state index contributed by atoms with van der Waals surface area (Å²) in [6, 6.07) is 17.3. The number of nitrogens with zero attached hydrogens (tertiary/aromatic N) is 5. The number of halogens is 1. The van der Waals surface area contributed by atoms with Gasteiger partial charge in [-0.1, -0.05) is 73.3 Å². The van der Waals surface area contributed by atoms with Crippen LogP contribution in [0.3, 0.4) is 0 Å². The van der Waals surface area contributed by atoms with Crippen LogP contribution in [-0.4, -0.2) is 68.1 Å². The van der Waals surface area contributed by atoms with E-state index in [-0.39, 0.29) is 35.2 Å². The number of hydrogen-bond donors (Lipinski definition) is 1. The lowest BCUT2D eigenvalue weighted by molar-refractivity contribution is -0.146. The summed E-state index contributed by atoms with van der Waals surface area (Å²) >= 11 is 6.23. The van der Waals surface area contributed by atoms with Gasteiger partial charge in [0.25, 0.3) is 0 Å². The number of hydrogen-bond acceptors (Lipinski definition) is 5. The summed E-state index contributed by atoms with van der Waals surface area (Å²) in [7, 11) is 0. The Balaban J connectivity index is 1.24. The Morgan fingerprint density at radius 2 is 1.67 bits per heavy atom. The van der Waals surface area contributed by atoms with Crippen LogP contribution < -0.4 is 5.73 Å². The first-order valence-electron chi connectivity index (χ1n) is 16.8. The topological polar surface area (TPSA) is 97.3 Å². The van der Waals surface area contributed by atoms with Crippen molar-refractivity contribution in [2.24, 2.45) is 23.0 Å². The number of piperidine rings is 2. The molecule has 2 saturated heterocycles. The highest BCUT2D eigenvalue weighted by Crippen LogP contribution is 2.47. The Kier molecular flexibility index (Phi) is 10.2. The van der Waals surface area contributed by atoms with Gasteiger partial charge >= 0.3 is 0 Å². The number of nitrogens with two attached hydrogens (primary N) is 1. The number of carbonyl (C=O) groups excluding carboxylic acids is 2. The lowest BCUT2D eigenvalue weighted by atomic mass is 9.63. The molecule has 1 saturated carbocycles. The van der Waals surface area contributed by atoms with Crippen molar-refractivity contribution >= 4 is 23.4 Å². The van der Waals surface area contributed by atoms with E-state index in [1.807, 2.05) is 70.5 Å². The summed E-state index contributed by atoms with van der Waals surface area (Å²) in [6.45, 7) is 2.87. The SMILES string of the molecule is NC1CCN(C(=O)Cc2ccccc2)C([C@@H](Cc2ccc(Cl)cc2)C(=O)N2CCC(Cn3cncn3)(C3CCCCC3)CC2)C1. The average Bonchev–Trinajstić information content (AvgIpc) is 3.58. The van der Waals surface area contributed by atoms with Gasteiger partial charge < -0.3 is 15.5 Å². The third-order valence-electron chi connectivity index (χ3n) is 10.8. The lowest BCUT2D eigenvalue weighted by Crippen LogP contribution is -2.58. The summed E-state index contributed by atoms with van der Waals surface area (Å²) in [6.07, 6.45) is 14.0. The minimum atomic E-state index is -0.380. The Labute approximate surface area is 272 Å². The number of likely N-dealkylation sites (tertiary alicyclic amines) is 2. The molecule has 0 bridgehead atoms. The molecule has 2 aliphatic heterocycles. The van der Waals surface area contributed by atoms with Crippen molar-refractivity contribution in [1.29, 1.82) is 0 Å². The average molecular weight is 631 g/mol. The fourth-order valence-electron chi connectivity index (χ4n) is 8.31. The third-order valence-corrected chi connectivity index (χ3v) is 11.1. The van der Waals surface area contributed by atoms with Gasteiger partial charge in [0.1, 0.15) is 12.7 Å². The predicted molar refractivity (Wildman–Crippen MR) is 176 cm³/mol. The number of benzene rings is 2. The molecule has 3 aromatic rings. The number of carbonyl (C=O) groups is 2. The van der Waals surface area contributed by atoms with E-state index in [2.05, 4.69) is 15.0 Å². The Morgan fingerprint density at radius 3 is 2.36 bits per heavy atom. The van der Waals surface area contributed by atoms with Crippen LogP contribution in [0.5, 0.6) is 0 Å². The largest absolute Gasteiger partial charge is 0.342 e. The Bertz CT molecular complexity index is 1380. The quantitative estimate of drug-likeness (QED) is 0.335. The first-order valence-corrected chi connectivity index (χ1v) is 17.2. The lowest BCUT2D eigenvalue weighted by Gasteiger charge is -2.49. The summed E-state index contributed by atoms with van der Waals surface area (Å²) in [5, 5.41) is 5.14. The minimum absolute atomic E-state index is 0.0423. The van der Waals surface area contributed by atoms with Crippen LogP contribution in [0.25, 0.3) is 0 Å². The zero-order chi connectivity index (χ0) is 31.2. The van der Waals surface area contributed by atoms with E-state index in [4.69, 9.17) is 17.3 Å². The first kappa shape index (κ1) is 31.7. The number of amides is 2. The van der Waals surface area contributed by atoms with E-state index in [9.17, 15) is 9.59 Å². The van der Waals surface area contributed by atoms with Crippen molar-refractivity contribution in [3.63, 3.8) is 0 Å². The van der Waals surface area contributed by atoms with Crippen molar-refractivity contribution in [2.45, 2.75) is 89.3 Å². The molecule has 2 amide bonds. The zero-order valence-corrected chi connectivity index (χ0v) is 27.0. The molecule has 1 aromatic heterocycles. The van der Waals surface area contributed by atoms with Gasteiger partial charge in [0.2, 0.25) is 11.8 Å². The molecule has 2 N–H and O–H groups in total. The van der Waals surface area contributed by atoms with E-state index in [0.717, 1.165) is 50.0 Å². The van der Waals surface area contributed by atoms with Gasteiger partial charge in [0.05, 0.1) is 12.3 Å². The van der Waals surface area contributed by atoms with Gasteiger partial charge in [0, 0.05) is 43.3 Å². The Morgan fingerprint density at radius 1 is 0.933 bits per heavy atom. The standard InChI is InChI=1S/C36H47ClN6O2/c37-30-13-11-28(12-14-30)21-32(33-23-31(38)15-18-43(33)34(44)22-27-7-3-1-4-8-27)35(45)41-19-16-36(17-20-41,24-42-26-39-25-40-42)29-9-5-2-6-10-29/h1,3-4,7-8,11-14,25-26,29,31-33H,2,5-6,9-10,15-24,38H2/t31?,32-,33?/m1/s1. The molecule has 0 radical (unpaired) electrons. The van der Waals surface area contributed by atoms with Crippen molar-refractivity contribution in [2.75, 3.05) is 19.6 Å². The van der Waals surface area contributed by atoms with Gasteiger partial charge in [-0.3, -0.25) is 14.3 Å². The van der Waals surface area contributed by atoms with Crippen molar-refractivity contribution in [3.05, 3.63) is 83.4 Å². The van der Waals surface area contributed by atoms with Crippen LogP contribution in [0.1, 0.15) is 68.9 Å². The molecule has 2 aromatic carbocycles. The van der Waals surface area contributed by atoms with Crippen molar-refractivity contribution in [1.82, 2.24) is 24.6 Å². The molecular weight excluding hydrogens is 584 g/mol. The second-order valence-corrected chi connectivity index (χ2v) is 14.1. The van der Waals surface area contributed by atoms with Crippen LogP contribution >= 0.6 is 11.6 Å². The molecule has 6 rings (SSSR count). The molecular formula is C36H47ClN6O2. The smallest absolute Gasteiger partial charge is 0.228 e. The van der Waals surface area contributed by atoms with Gasteiger partial charge in [-0.25, -0.2) is 4.98 Å². The molecule has 9 heteroatoms. The van der Waals surface area contributed by atoms with Crippen LogP contribution in [0.2, 0.25) is 5.02 Å². The summed E-state index contributed by atoms with van der Waals surface area (Å²) < 4.78 is 2.00. The van der Waals surface area contributed by atoms with Crippen LogP contribution in [0.4, 0.5) is 0 Å². The van der Waals surface area contributed by atoms with Gasteiger partial charge in [-0.15, -0.1) is 0 Å². The molecule has 3 fully saturated rings. The Hall–Kier alpha value is -3.23. The fourth-order valence-corrected chi connectivity index (χ4v) is 8.43. The second kappa shape index (κ2) is 14.5. The van der Waals surface area contributed by atoms with E-state index in [1.165, 1.54) is 32.1 Å². The van der Waals surface area contributed by atoms with E-state index in [1.54, 1.807) is 6.33 Å². The minimum Gasteiger partial charge on any atom is -0.342 e. The molecule has 3 atom stereocenters. The summed E-state index contributed by atoms with van der Waals surface area (Å²) in [5.41, 5.74) is 8.70. The van der Waals surface area contributed by atoms with Crippen LogP contribution in [0.15, 0.2) is 67.3 Å². The van der Waals surface area contributed by atoms with E-state index < -0.39 is 0 Å². The molecule has 240 valence electrons. The maximum Gasteiger partial charge on any atom is 0.228 e. The summed E-state index contributed by atoms with van der Waals surface area (Å²) in [5.74, 6) is 0.462. The summed E-state index contributed by atoms with van der Waals surface area (Å²) in [4.78, 5) is 36.8. The molecule has 8 nitrogen and oxygen atoms in total. The molecule has 3 heterocycles. The second-order valence-electron chi connectivity index (χ2n) is 13.7. The van der Waals surface area contributed by atoms with Crippen molar-refractivity contribution in [3.8, 4) is 0 Å².